The third kappa shape index (κ3) is 5.46. The monoisotopic (exact) mass is 320 g/mol. The quantitative estimate of drug-likeness (QED) is 0.526. The van der Waals surface area contributed by atoms with Gasteiger partial charge in [0.1, 0.15) is 5.01 Å². The summed E-state index contributed by atoms with van der Waals surface area (Å²) in [6.45, 7) is 6.48. The summed E-state index contributed by atoms with van der Waals surface area (Å²) in [6, 6.07) is 10.6. The van der Waals surface area contributed by atoms with Crippen LogP contribution in [0.4, 0.5) is 0 Å². The van der Waals surface area contributed by atoms with Crippen LogP contribution in [-0.4, -0.2) is 11.5 Å². The predicted molar refractivity (Wildman–Crippen MR) is 94.1 cm³/mol. The highest BCUT2D eigenvalue weighted by Gasteiger charge is 2.10. The smallest absolute Gasteiger partial charge is 0.103 e. The third-order valence-electron chi connectivity index (χ3n) is 3.13. The second kappa shape index (κ2) is 9.23. The number of aromatic nitrogens is 1. The van der Waals surface area contributed by atoms with Gasteiger partial charge in [0, 0.05) is 16.3 Å². The van der Waals surface area contributed by atoms with E-state index in [-0.39, 0.29) is 0 Å². The Hall–Kier alpha value is -0.840. The van der Waals surface area contributed by atoms with Gasteiger partial charge in [-0.3, -0.25) is 0 Å². The summed E-state index contributed by atoms with van der Waals surface area (Å²) in [5.74, 6) is 0.971. The van der Waals surface area contributed by atoms with E-state index in [0.717, 1.165) is 31.7 Å². The van der Waals surface area contributed by atoms with E-state index in [0.29, 0.717) is 0 Å². The fraction of sp³-hybridized carbons (Fsp3) is 0.471. The van der Waals surface area contributed by atoms with E-state index in [1.807, 2.05) is 23.1 Å². The molecule has 0 aliphatic carbocycles. The Kier molecular flexibility index (Phi) is 7.27. The average molecular weight is 321 g/mol. The van der Waals surface area contributed by atoms with Crippen LogP contribution < -0.4 is 5.32 Å². The van der Waals surface area contributed by atoms with Crippen molar-refractivity contribution < 1.29 is 0 Å². The van der Waals surface area contributed by atoms with E-state index in [1.165, 1.54) is 26.9 Å². The molecule has 0 aliphatic heterocycles. The van der Waals surface area contributed by atoms with Crippen LogP contribution in [0.1, 0.15) is 42.3 Å². The Labute approximate surface area is 136 Å². The lowest BCUT2D eigenvalue weighted by Crippen LogP contribution is -2.13. The van der Waals surface area contributed by atoms with Gasteiger partial charge < -0.3 is 5.32 Å². The Bertz CT molecular complexity index is 523. The van der Waals surface area contributed by atoms with Crippen LogP contribution in [0.2, 0.25) is 0 Å². The summed E-state index contributed by atoms with van der Waals surface area (Å²) >= 11 is 3.74. The molecule has 2 nitrogen and oxygen atoms in total. The molecule has 1 aromatic carbocycles. The minimum Gasteiger partial charge on any atom is -0.312 e. The number of thioether (sulfide) groups is 1. The summed E-state index contributed by atoms with van der Waals surface area (Å²) in [5.41, 5.74) is 1.30. The molecule has 0 amide bonds. The van der Waals surface area contributed by atoms with Gasteiger partial charge in [0.15, 0.2) is 0 Å². The predicted octanol–water partition coefficient (Wildman–Crippen LogP) is 4.89. The first kappa shape index (κ1) is 16.5. The molecule has 0 bridgehead atoms. The zero-order valence-corrected chi connectivity index (χ0v) is 14.5. The van der Waals surface area contributed by atoms with Crippen molar-refractivity contribution >= 4 is 23.1 Å². The van der Waals surface area contributed by atoms with Crippen LogP contribution in [0.3, 0.4) is 0 Å². The molecule has 4 heteroatoms. The molecular weight excluding hydrogens is 296 g/mol. The van der Waals surface area contributed by atoms with E-state index >= 15 is 0 Å². The minimum atomic E-state index is 0.969. The van der Waals surface area contributed by atoms with Crippen LogP contribution in [0.15, 0.2) is 35.2 Å². The maximum absolute atomic E-state index is 4.85. The molecule has 0 spiro atoms. The Morgan fingerprint density at radius 3 is 2.67 bits per heavy atom. The zero-order valence-electron chi connectivity index (χ0n) is 12.9. The van der Waals surface area contributed by atoms with E-state index in [2.05, 4.69) is 49.5 Å². The number of benzene rings is 1. The van der Waals surface area contributed by atoms with Crippen LogP contribution in [0, 0.1) is 0 Å². The molecule has 114 valence electrons. The SMILES string of the molecule is CCCNCc1sc(CSc2ccccc2)nc1CCC. The molecule has 0 radical (unpaired) electrons. The number of rotatable bonds is 9. The van der Waals surface area contributed by atoms with Gasteiger partial charge in [-0.25, -0.2) is 4.98 Å². The van der Waals surface area contributed by atoms with Gasteiger partial charge in [-0.1, -0.05) is 38.5 Å². The highest BCUT2D eigenvalue weighted by Crippen LogP contribution is 2.27. The van der Waals surface area contributed by atoms with E-state index in [9.17, 15) is 0 Å². The van der Waals surface area contributed by atoms with E-state index in [1.54, 1.807) is 0 Å². The molecule has 1 N–H and O–H groups in total. The standard InChI is InChI=1S/C17H24N2S2/c1-3-8-15-16(12-18-11-4-2)21-17(19-15)13-20-14-9-6-5-7-10-14/h5-7,9-10,18H,3-4,8,11-13H2,1-2H3. The lowest BCUT2D eigenvalue weighted by atomic mass is 10.2. The third-order valence-corrected chi connectivity index (χ3v) is 5.43. The number of nitrogens with zero attached hydrogens (tertiary/aromatic N) is 1. The second-order valence-electron chi connectivity index (χ2n) is 5.01. The van der Waals surface area contributed by atoms with Crippen molar-refractivity contribution in [2.45, 2.75) is 50.3 Å². The van der Waals surface area contributed by atoms with E-state index < -0.39 is 0 Å². The Balaban J connectivity index is 1.97. The molecule has 1 aromatic heterocycles. The Morgan fingerprint density at radius 1 is 1.14 bits per heavy atom. The van der Waals surface area contributed by atoms with Crippen molar-refractivity contribution in [2.24, 2.45) is 0 Å². The first-order valence-electron chi connectivity index (χ1n) is 7.69. The molecule has 0 fully saturated rings. The lowest BCUT2D eigenvalue weighted by molar-refractivity contribution is 0.674. The first-order chi connectivity index (χ1) is 10.3. The van der Waals surface area contributed by atoms with Crippen molar-refractivity contribution in [1.29, 1.82) is 0 Å². The maximum atomic E-state index is 4.85. The number of hydrogen-bond acceptors (Lipinski definition) is 4. The van der Waals surface area contributed by atoms with Gasteiger partial charge in [-0.2, -0.15) is 0 Å². The summed E-state index contributed by atoms with van der Waals surface area (Å²) in [7, 11) is 0. The van der Waals surface area contributed by atoms with Gasteiger partial charge in [0.25, 0.3) is 0 Å². The van der Waals surface area contributed by atoms with Gasteiger partial charge in [0.05, 0.1) is 11.4 Å². The van der Waals surface area contributed by atoms with Crippen molar-refractivity contribution in [1.82, 2.24) is 10.3 Å². The molecule has 0 atom stereocenters. The molecule has 2 rings (SSSR count). The van der Waals surface area contributed by atoms with Gasteiger partial charge >= 0.3 is 0 Å². The van der Waals surface area contributed by atoms with Crippen molar-refractivity contribution in [2.75, 3.05) is 6.54 Å². The highest BCUT2D eigenvalue weighted by atomic mass is 32.2. The molecule has 0 saturated heterocycles. The summed E-state index contributed by atoms with van der Waals surface area (Å²) in [4.78, 5) is 7.59. The fourth-order valence-electron chi connectivity index (χ4n) is 2.11. The van der Waals surface area contributed by atoms with Crippen molar-refractivity contribution in [3.05, 3.63) is 45.9 Å². The topological polar surface area (TPSA) is 24.9 Å². The average Bonchev–Trinajstić information content (AvgIpc) is 2.89. The van der Waals surface area contributed by atoms with Crippen molar-refractivity contribution in [3.63, 3.8) is 0 Å². The number of nitrogens with one attached hydrogen (secondary N) is 1. The van der Waals surface area contributed by atoms with Crippen LogP contribution in [-0.2, 0) is 18.7 Å². The number of thiazole rings is 1. The Morgan fingerprint density at radius 2 is 1.95 bits per heavy atom. The first-order valence-corrected chi connectivity index (χ1v) is 9.49. The number of aryl methyl sites for hydroxylation is 1. The molecule has 0 unspecified atom stereocenters. The molecule has 1 heterocycles. The molecular formula is C17H24N2S2. The van der Waals surface area contributed by atoms with Crippen LogP contribution >= 0.6 is 23.1 Å². The van der Waals surface area contributed by atoms with Gasteiger partial charge in [-0.15, -0.1) is 23.1 Å². The van der Waals surface area contributed by atoms with Crippen molar-refractivity contribution in [3.8, 4) is 0 Å². The van der Waals surface area contributed by atoms with Gasteiger partial charge in [0.2, 0.25) is 0 Å². The van der Waals surface area contributed by atoms with E-state index in [4.69, 9.17) is 4.98 Å². The highest BCUT2D eigenvalue weighted by molar-refractivity contribution is 7.98. The molecule has 0 saturated carbocycles. The number of hydrogen-bond donors (Lipinski definition) is 1. The summed E-state index contributed by atoms with van der Waals surface area (Å²) < 4.78 is 0. The maximum Gasteiger partial charge on any atom is 0.103 e. The summed E-state index contributed by atoms with van der Waals surface area (Å²) in [5, 5.41) is 4.75. The molecule has 21 heavy (non-hydrogen) atoms. The summed E-state index contributed by atoms with van der Waals surface area (Å²) in [6.07, 6.45) is 3.43. The zero-order chi connectivity index (χ0) is 14.9. The largest absolute Gasteiger partial charge is 0.312 e. The van der Waals surface area contributed by atoms with Crippen LogP contribution in [0.25, 0.3) is 0 Å². The normalized spacial score (nSPS) is 11.0. The fourth-order valence-corrected chi connectivity index (χ4v) is 4.11. The van der Waals surface area contributed by atoms with Crippen LogP contribution in [0.5, 0.6) is 0 Å². The minimum absolute atomic E-state index is 0.969. The second-order valence-corrected chi connectivity index (χ2v) is 7.22. The van der Waals surface area contributed by atoms with Gasteiger partial charge in [-0.05, 0) is 31.5 Å². The molecule has 0 aliphatic rings. The molecule has 2 aromatic rings. The lowest BCUT2D eigenvalue weighted by Gasteiger charge is -2.02.